The Bertz CT molecular complexity index is 444. The van der Waals surface area contributed by atoms with Gasteiger partial charge in [-0.1, -0.05) is 12.8 Å². The normalized spacial score (nSPS) is 16.1. The highest BCUT2D eigenvalue weighted by molar-refractivity contribution is 5.33. The van der Waals surface area contributed by atoms with E-state index >= 15 is 0 Å². The van der Waals surface area contributed by atoms with Crippen molar-refractivity contribution in [2.45, 2.75) is 32.2 Å². The van der Waals surface area contributed by atoms with Gasteiger partial charge in [0.1, 0.15) is 5.82 Å². The van der Waals surface area contributed by atoms with E-state index in [4.69, 9.17) is 5.26 Å². The van der Waals surface area contributed by atoms with Crippen LogP contribution in [0.5, 0.6) is 0 Å². The average molecular weight is 246 g/mol. The molecule has 18 heavy (non-hydrogen) atoms. The molecule has 1 aromatic rings. The lowest BCUT2D eigenvalue weighted by Gasteiger charge is -2.20. The number of rotatable bonds is 4. The molecule has 0 spiro atoms. The molecule has 3 heteroatoms. The van der Waals surface area contributed by atoms with Gasteiger partial charge in [-0.3, -0.25) is 0 Å². The van der Waals surface area contributed by atoms with Crippen LogP contribution in [0.3, 0.4) is 0 Å². The number of nitriles is 1. The van der Waals surface area contributed by atoms with E-state index in [2.05, 4.69) is 11.9 Å². The molecule has 1 aromatic carbocycles. The predicted molar refractivity (Wildman–Crippen MR) is 69.4 cm³/mol. The molecule has 0 aliphatic heterocycles. The van der Waals surface area contributed by atoms with Gasteiger partial charge in [-0.25, -0.2) is 4.39 Å². The van der Waals surface area contributed by atoms with Crippen molar-refractivity contribution in [3.05, 3.63) is 35.1 Å². The highest BCUT2D eigenvalue weighted by Gasteiger charge is 2.16. The Morgan fingerprint density at radius 2 is 2.06 bits per heavy atom. The summed E-state index contributed by atoms with van der Waals surface area (Å²) in [6.07, 6.45) is 5.32. The van der Waals surface area contributed by atoms with Crippen LogP contribution in [0.2, 0.25) is 0 Å². The molecule has 1 aliphatic rings. The Balaban J connectivity index is 1.95. The van der Waals surface area contributed by atoms with Crippen LogP contribution >= 0.6 is 0 Å². The first-order valence-corrected chi connectivity index (χ1v) is 6.55. The molecule has 1 fully saturated rings. The zero-order valence-corrected chi connectivity index (χ0v) is 10.8. The summed E-state index contributed by atoms with van der Waals surface area (Å²) in [5.41, 5.74) is 1.28. The molecule has 0 unspecified atom stereocenters. The molecule has 0 aromatic heterocycles. The number of halogens is 1. The zero-order valence-electron chi connectivity index (χ0n) is 10.8. The first-order chi connectivity index (χ1) is 8.67. The second-order valence-electron chi connectivity index (χ2n) is 5.31. The highest BCUT2D eigenvalue weighted by Crippen LogP contribution is 2.25. The molecule has 0 radical (unpaired) electrons. The monoisotopic (exact) mass is 246 g/mol. The van der Waals surface area contributed by atoms with Crippen molar-refractivity contribution in [3.63, 3.8) is 0 Å². The molecule has 96 valence electrons. The fraction of sp³-hybridized carbons (Fsp3) is 0.533. The van der Waals surface area contributed by atoms with Crippen LogP contribution in [-0.4, -0.2) is 18.5 Å². The second-order valence-corrected chi connectivity index (χ2v) is 5.31. The number of nitrogens with zero attached hydrogens (tertiary/aromatic N) is 2. The van der Waals surface area contributed by atoms with Crippen LogP contribution in [0.4, 0.5) is 4.39 Å². The molecule has 0 heterocycles. The third kappa shape index (κ3) is 3.54. The lowest BCUT2D eigenvalue weighted by Crippen LogP contribution is -2.24. The topological polar surface area (TPSA) is 27.0 Å². The smallest absolute Gasteiger partial charge is 0.124 e. The van der Waals surface area contributed by atoms with E-state index in [9.17, 15) is 4.39 Å². The van der Waals surface area contributed by atoms with Crippen LogP contribution in [0.15, 0.2) is 18.2 Å². The van der Waals surface area contributed by atoms with Crippen molar-refractivity contribution >= 4 is 0 Å². The lowest BCUT2D eigenvalue weighted by molar-refractivity contribution is 0.271. The summed E-state index contributed by atoms with van der Waals surface area (Å²) in [6.45, 7) is 1.78. The van der Waals surface area contributed by atoms with Gasteiger partial charge in [0.15, 0.2) is 0 Å². The van der Waals surface area contributed by atoms with Gasteiger partial charge in [-0.2, -0.15) is 5.26 Å². The lowest BCUT2D eigenvalue weighted by atomic mass is 10.1. The van der Waals surface area contributed by atoms with E-state index < -0.39 is 0 Å². The molecule has 0 atom stereocenters. The molecule has 2 rings (SSSR count). The molecular weight excluding hydrogens is 227 g/mol. The second kappa shape index (κ2) is 5.97. The summed E-state index contributed by atoms with van der Waals surface area (Å²) in [5.74, 6) is 0.470. The molecule has 0 bridgehead atoms. The molecule has 0 amide bonds. The quantitative estimate of drug-likeness (QED) is 0.815. The maximum Gasteiger partial charge on any atom is 0.124 e. The number of hydrogen-bond donors (Lipinski definition) is 0. The summed E-state index contributed by atoms with van der Waals surface area (Å²) in [6, 6.07) is 6.57. The number of benzene rings is 1. The van der Waals surface area contributed by atoms with Crippen molar-refractivity contribution in [1.29, 1.82) is 5.26 Å². The van der Waals surface area contributed by atoms with E-state index in [1.165, 1.54) is 37.8 Å². The molecular formula is C15H19FN2. The van der Waals surface area contributed by atoms with Crippen LogP contribution in [0.25, 0.3) is 0 Å². The van der Waals surface area contributed by atoms with Gasteiger partial charge < -0.3 is 4.90 Å². The predicted octanol–water partition coefficient (Wildman–Crippen LogP) is 3.32. The Morgan fingerprint density at radius 1 is 1.33 bits per heavy atom. The van der Waals surface area contributed by atoms with Crippen LogP contribution in [0.1, 0.15) is 36.8 Å². The fourth-order valence-corrected chi connectivity index (χ4v) is 2.82. The van der Waals surface area contributed by atoms with Crippen LogP contribution in [0, 0.1) is 23.1 Å². The minimum absolute atomic E-state index is 0.321. The molecule has 1 saturated carbocycles. The van der Waals surface area contributed by atoms with E-state index in [-0.39, 0.29) is 5.82 Å². The van der Waals surface area contributed by atoms with E-state index in [1.807, 2.05) is 6.07 Å². The average Bonchev–Trinajstić information content (AvgIpc) is 2.80. The minimum Gasteiger partial charge on any atom is -0.302 e. The van der Waals surface area contributed by atoms with Crippen molar-refractivity contribution in [2.75, 3.05) is 13.6 Å². The van der Waals surface area contributed by atoms with Crippen LogP contribution in [-0.2, 0) is 6.54 Å². The van der Waals surface area contributed by atoms with Gasteiger partial charge in [0.05, 0.1) is 11.6 Å². The summed E-state index contributed by atoms with van der Waals surface area (Å²) in [5, 5.41) is 8.82. The van der Waals surface area contributed by atoms with Crippen molar-refractivity contribution in [3.8, 4) is 6.07 Å². The third-order valence-corrected chi connectivity index (χ3v) is 3.58. The maximum absolute atomic E-state index is 13.3. The van der Waals surface area contributed by atoms with Crippen molar-refractivity contribution in [2.24, 2.45) is 5.92 Å². The summed E-state index contributed by atoms with van der Waals surface area (Å²) in [4.78, 5) is 2.23. The fourth-order valence-electron chi connectivity index (χ4n) is 2.82. The minimum atomic E-state index is -0.321. The Labute approximate surface area is 108 Å². The highest BCUT2D eigenvalue weighted by atomic mass is 19.1. The van der Waals surface area contributed by atoms with Crippen molar-refractivity contribution < 1.29 is 4.39 Å². The van der Waals surface area contributed by atoms with Gasteiger partial charge in [0.25, 0.3) is 0 Å². The molecule has 0 N–H and O–H groups in total. The Morgan fingerprint density at radius 3 is 2.72 bits per heavy atom. The first-order valence-electron chi connectivity index (χ1n) is 6.55. The standard InChI is InChI=1S/C15H19FN2/c1-18(10-12-4-2-3-5-12)11-14-6-13(9-17)7-15(16)8-14/h6-8,12H,2-5,10-11H2,1H3. The van der Waals surface area contributed by atoms with Gasteiger partial charge >= 0.3 is 0 Å². The Hall–Kier alpha value is -1.40. The van der Waals surface area contributed by atoms with Gasteiger partial charge in [0, 0.05) is 13.1 Å². The third-order valence-electron chi connectivity index (χ3n) is 3.58. The van der Waals surface area contributed by atoms with Gasteiger partial charge in [0.2, 0.25) is 0 Å². The summed E-state index contributed by atoms with van der Waals surface area (Å²) >= 11 is 0. The van der Waals surface area contributed by atoms with Crippen LogP contribution < -0.4 is 0 Å². The summed E-state index contributed by atoms with van der Waals surface area (Å²) in [7, 11) is 2.06. The van der Waals surface area contributed by atoms with Crippen molar-refractivity contribution in [1.82, 2.24) is 4.90 Å². The van der Waals surface area contributed by atoms with Gasteiger partial charge in [-0.05, 0) is 49.6 Å². The van der Waals surface area contributed by atoms with E-state index in [1.54, 1.807) is 6.07 Å². The number of hydrogen-bond acceptors (Lipinski definition) is 2. The molecule has 0 saturated heterocycles. The largest absolute Gasteiger partial charge is 0.302 e. The van der Waals surface area contributed by atoms with Gasteiger partial charge in [-0.15, -0.1) is 0 Å². The Kier molecular flexibility index (Phi) is 4.33. The SMILES string of the molecule is CN(Cc1cc(F)cc(C#N)c1)CC1CCCC1. The molecule has 1 aliphatic carbocycles. The molecule has 2 nitrogen and oxygen atoms in total. The first kappa shape index (κ1) is 13.0. The van der Waals surface area contributed by atoms with E-state index in [0.29, 0.717) is 12.1 Å². The van der Waals surface area contributed by atoms with E-state index in [0.717, 1.165) is 18.0 Å². The zero-order chi connectivity index (χ0) is 13.0. The maximum atomic E-state index is 13.3. The summed E-state index contributed by atoms with van der Waals surface area (Å²) < 4.78 is 13.3.